The van der Waals surface area contributed by atoms with Gasteiger partial charge >= 0.3 is 0 Å². The summed E-state index contributed by atoms with van der Waals surface area (Å²) in [6.07, 6.45) is 3.09. The highest BCUT2D eigenvalue weighted by Crippen LogP contribution is 2.39. The fraction of sp³-hybridized carbons (Fsp3) is 0.276. The molecular formula is C29H30N2O4S. The number of rotatable bonds is 8. The number of oxazole rings is 1. The summed E-state index contributed by atoms with van der Waals surface area (Å²) in [7, 11) is -3.93. The van der Waals surface area contributed by atoms with E-state index in [0.29, 0.717) is 24.1 Å². The van der Waals surface area contributed by atoms with E-state index in [1.807, 2.05) is 72.5 Å². The van der Waals surface area contributed by atoms with Crippen LogP contribution in [0.3, 0.4) is 0 Å². The smallest absolute Gasteiger partial charge is 0.236 e. The first-order valence-electron chi connectivity index (χ1n) is 12.4. The van der Waals surface area contributed by atoms with Crippen molar-refractivity contribution in [3.8, 4) is 5.75 Å². The van der Waals surface area contributed by atoms with E-state index in [-0.39, 0.29) is 15.8 Å². The highest BCUT2D eigenvalue weighted by Gasteiger charge is 2.34. The summed E-state index contributed by atoms with van der Waals surface area (Å²) in [6, 6.07) is 26.4. The second-order valence-electron chi connectivity index (χ2n) is 8.87. The number of piperidine rings is 1. The molecule has 0 N–H and O–H groups in total. The summed E-state index contributed by atoms with van der Waals surface area (Å²) < 4.78 is 39.7. The predicted octanol–water partition coefficient (Wildman–Crippen LogP) is 6.08. The van der Waals surface area contributed by atoms with Gasteiger partial charge in [0.05, 0.1) is 17.4 Å². The van der Waals surface area contributed by atoms with Crippen LogP contribution in [-0.4, -0.2) is 33.1 Å². The molecule has 4 aromatic rings. The van der Waals surface area contributed by atoms with Crippen LogP contribution in [0.2, 0.25) is 0 Å². The van der Waals surface area contributed by atoms with Crippen LogP contribution in [-0.2, 0) is 9.84 Å². The molecule has 1 aliphatic heterocycles. The molecule has 7 heteroatoms. The fourth-order valence-electron chi connectivity index (χ4n) is 4.67. The lowest BCUT2D eigenvalue weighted by Crippen LogP contribution is -2.30. The van der Waals surface area contributed by atoms with Crippen LogP contribution in [0.1, 0.15) is 49.1 Å². The van der Waals surface area contributed by atoms with Gasteiger partial charge in [-0.05, 0) is 61.6 Å². The fourth-order valence-corrected chi connectivity index (χ4v) is 6.00. The lowest BCUT2D eigenvalue weighted by Gasteiger charge is -2.26. The van der Waals surface area contributed by atoms with Gasteiger partial charge in [-0.25, -0.2) is 8.42 Å². The molecule has 1 fully saturated rings. The Hall–Kier alpha value is -3.58. The zero-order chi connectivity index (χ0) is 25.0. The Labute approximate surface area is 212 Å². The second kappa shape index (κ2) is 10.6. The number of hydrogen-bond acceptors (Lipinski definition) is 6. The predicted molar refractivity (Wildman–Crippen MR) is 139 cm³/mol. The molecule has 186 valence electrons. The highest BCUT2D eigenvalue weighted by molar-refractivity contribution is 7.91. The molecule has 1 aromatic heterocycles. The van der Waals surface area contributed by atoms with Crippen LogP contribution < -0.4 is 9.64 Å². The van der Waals surface area contributed by atoms with E-state index in [4.69, 9.17) is 14.1 Å². The van der Waals surface area contributed by atoms with Gasteiger partial charge in [-0.2, -0.15) is 4.98 Å². The first kappa shape index (κ1) is 24.1. The molecule has 3 aromatic carbocycles. The molecule has 36 heavy (non-hydrogen) atoms. The van der Waals surface area contributed by atoms with E-state index in [1.54, 1.807) is 24.3 Å². The molecule has 0 atom stereocenters. The molecule has 0 spiro atoms. The van der Waals surface area contributed by atoms with Crippen molar-refractivity contribution in [2.75, 3.05) is 24.6 Å². The van der Waals surface area contributed by atoms with Crippen molar-refractivity contribution >= 4 is 15.7 Å². The Kier molecular flexibility index (Phi) is 7.09. The molecule has 6 nitrogen and oxygen atoms in total. The number of aromatic nitrogens is 1. The van der Waals surface area contributed by atoms with Crippen molar-refractivity contribution in [3.05, 3.63) is 102 Å². The Bertz CT molecular complexity index is 1340. The number of nitrogens with zero attached hydrogens (tertiary/aromatic N) is 2. The Balaban J connectivity index is 1.65. The maximum atomic E-state index is 13.9. The molecule has 0 radical (unpaired) electrons. The van der Waals surface area contributed by atoms with Crippen molar-refractivity contribution in [1.82, 2.24) is 4.98 Å². The quantitative estimate of drug-likeness (QED) is 0.291. The average Bonchev–Trinajstić information content (AvgIpc) is 3.37. The summed E-state index contributed by atoms with van der Waals surface area (Å²) in [5.74, 6) is 0.995. The van der Waals surface area contributed by atoms with Crippen molar-refractivity contribution in [2.45, 2.75) is 42.0 Å². The molecule has 0 amide bonds. The maximum absolute atomic E-state index is 13.9. The first-order valence-corrected chi connectivity index (χ1v) is 13.9. The van der Waals surface area contributed by atoms with Crippen LogP contribution in [0.5, 0.6) is 5.75 Å². The van der Waals surface area contributed by atoms with Gasteiger partial charge in [0.1, 0.15) is 5.75 Å². The third-order valence-corrected chi connectivity index (χ3v) is 8.12. The zero-order valence-electron chi connectivity index (χ0n) is 20.3. The summed E-state index contributed by atoms with van der Waals surface area (Å²) >= 11 is 0. The number of benzene rings is 3. The van der Waals surface area contributed by atoms with Gasteiger partial charge in [0.2, 0.25) is 26.6 Å². The Morgan fingerprint density at radius 1 is 0.861 bits per heavy atom. The molecule has 1 saturated heterocycles. The van der Waals surface area contributed by atoms with Gasteiger partial charge in [0.25, 0.3) is 0 Å². The van der Waals surface area contributed by atoms with Crippen LogP contribution in [0.15, 0.2) is 99.3 Å². The van der Waals surface area contributed by atoms with Gasteiger partial charge < -0.3 is 14.1 Å². The Morgan fingerprint density at radius 3 is 2.00 bits per heavy atom. The lowest BCUT2D eigenvalue weighted by molar-refractivity contribution is 0.340. The van der Waals surface area contributed by atoms with Gasteiger partial charge in [-0.3, -0.25) is 0 Å². The van der Waals surface area contributed by atoms with E-state index in [9.17, 15) is 8.42 Å². The Morgan fingerprint density at radius 2 is 1.44 bits per heavy atom. The summed E-state index contributed by atoms with van der Waals surface area (Å²) in [6.45, 7) is 3.88. The SMILES string of the molecule is CCOc1ccc(S(=O)(=O)c2nc(C(c3ccccc3)c3ccccc3)oc2N2CCCCC2)cc1. The molecule has 2 heterocycles. The number of anilines is 1. The summed E-state index contributed by atoms with van der Waals surface area (Å²) in [5, 5.41) is -0.0274. The van der Waals surface area contributed by atoms with Gasteiger partial charge in [-0.1, -0.05) is 60.7 Å². The van der Waals surface area contributed by atoms with Crippen molar-refractivity contribution < 1.29 is 17.6 Å². The topological polar surface area (TPSA) is 72.6 Å². The second-order valence-corrected chi connectivity index (χ2v) is 10.7. The number of sulfone groups is 1. The third-order valence-electron chi connectivity index (χ3n) is 6.45. The maximum Gasteiger partial charge on any atom is 0.236 e. The first-order chi connectivity index (χ1) is 17.6. The molecule has 5 rings (SSSR count). The molecule has 0 unspecified atom stereocenters. The molecule has 0 saturated carbocycles. The summed E-state index contributed by atoms with van der Waals surface area (Å²) in [5.41, 5.74) is 1.97. The third kappa shape index (κ3) is 4.88. The van der Waals surface area contributed by atoms with E-state index in [2.05, 4.69) is 0 Å². The van der Waals surface area contributed by atoms with Crippen molar-refractivity contribution in [1.29, 1.82) is 0 Å². The minimum atomic E-state index is -3.93. The van der Waals surface area contributed by atoms with Crippen molar-refractivity contribution in [2.24, 2.45) is 0 Å². The lowest BCUT2D eigenvalue weighted by atomic mass is 9.91. The van der Waals surface area contributed by atoms with Gasteiger partial charge in [0, 0.05) is 13.1 Å². The van der Waals surface area contributed by atoms with Crippen molar-refractivity contribution in [3.63, 3.8) is 0 Å². The standard InChI is InChI=1S/C29H30N2O4S/c1-2-34-24-16-18-25(19-17-24)36(32,33)28-29(31-20-10-5-11-21-31)35-27(30-28)26(22-12-6-3-7-13-22)23-14-8-4-9-15-23/h3-4,6-9,12-19,26H,2,5,10-11,20-21H2,1H3. The average molecular weight is 503 g/mol. The van der Waals surface area contributed by atoms with Crippen LogP contribution in [0, 0.1) is 0 Å². The van der Waals surface area contributed by atoms with Crippen LogP contribution in [0.25, 0.3) is 0 Å². The molecule has 1 aliphatic rings. The highest BCUT2D eigenvalue weighted by atomic mass is 32.2. The van der Waals surface area contributed by atoms with E-state index in [1.165, 1.54) is 0 Å². The monoisotopic (exact) mass is 502 g/mol. The van der Waals surface area contributed by atoms with Gasteiger partial charge in [0.15, 0.2) is 0 Å². The van der Waals surface area contributed by atoms with Gasteiger partial charge in [-0.15, -0.1) is 0 Å². The largest absolute Gasteiger partial charge is 0.494 e. The van der Waals surface area contributed by atoms with Crippen LogP contribution in [0.4, 0.5) is 5.88 Å². The zero-order valence-corrected chi connectivity index (χ0v) is 21.2. The minimum absolute atomic E-state index is 0.0274. The number of ether oxygens (including phenoxy) is 1. The minimum Gasteiger partial charge on any atom is -0.494 e. The normalized spacial score (nSPS) is 14.2. The molecule has 0 bridgehead atoms. The molecule has 0 aliphatic carbocycles. The molecular weight excluding hydrogens is 472 g/mol. The van der Waals surface area contributed by atoms with E-state index < -0.39 is 9.84 Å². The van der Waals surface area contributed by atoms with E-state index in [0.717, 1.165) is 43.5 Å². The number of hydrogen-bond donors (Lipinski definition) is 0. The van der Waals surface area contributed by atoms with E-state index >= 15 is 0 Å². The summed E-state index contributed by atoms with van der Waals surface area (Å²) in [4.78, 5) is 6.91. The van der Waals surface area contributed by atoms with Crippen LogP contribution >= 0.6 is 0 Å².